The van der Waals surface area contributed by atoms with Gasteiger partial charge in [0.1, 0.15) is 5.82 Å². The lowest BCUT2D eigenvalue weighted by molar-refractivity contribution is 0.251. The third-order valence-electron chi connectivity index (χ3n) is 2.68. The molecular formula is C14H15ClN4OS. The number of urea groups is 1. The predicted octanol–water partition coefficient (Wildman–Crippen LogP) is 3.48. The van der Waals surface area contributed by atoms with Crippen LogP contribution < -0.4 is 10.6 Å². The van der Waals surface area contributed by atoms with Gasteiger partial charge in [-0.3, -0.25) is 0 Å². The lowest BCUT2D eigenvalue weighted by Crippen LogP contribution is -2.28. The maximum atomic E-state index is 11.9. The van der Waals surface area contributed by atoms with Crippen molar-refractivity contribution < 1.29 is 4.79 Å². The van der Waals surface area contributed by atoms with Gasteiger partial charge < -0.3 is 10.6 Å². The second kappa shape index (κ2) is 7.28. The highest BCUT2D eigenvalue weighted by molar-refractivity contribution is 7.98. The Bertz CT molecular complexity index is 651. The Morgan fingerprint density at radius 1 is 1.38 bits per heavy atom. The molecule has 2 amide bonds. The van der Waals surface area contributed by atoms with Gasteiger partial charge in [-0.2, -0.15) is 0 Å². The van der Waals surface area contributed by atoms with Crippen molar-refractivity contribution in [1.29, 1.82) is 0 Å². The molecule has 0 aliphatic rings. The molecule has 0 aliphatic carbocycles. The van der Waals surface area contributed by atoms with Crippen molar-refractivity contribution in [1.82, 2.24) is 15.3 Å². The van der Waals surface area contributed by atoms with Gasteiger partial charge in [0.15, 0.2) is 0 Å². The Morgan fingerprint density at radius 3 is 2.90 bits per heavy atom. The van der Waals surface area contributed by atoms with Gasteiger partial charge in [-0.15, -0.1) is 11.8 Å². The fourth-order valence-corrected chi connectivity index (χ4v) is 2.76. The molecule has 1 aromatic heterocycles. The Labute approximate surface area is 132 Å². The summed E-state index contributed by atoms with van der Waals surface area (Å²) < 4.78 is 0. The maximum Gasteiger partial charge on any atom is 0.319 e. The molecule has 0 radical (unpaired) electrons. The van der Waals surface area contributed by atoms with E-state index < -0.39 is 0 Å². The summed E-state index contributed by atoms with van der Waals surface area (Å²) in [5, 5.41) is 6.16. The van der Waals surface area contributed by atoms with Crippen molar-refractivity contribution in [2.45, 2.75) is 18.4 Å². The fourth-order valence-electron chi connectivity index (χ4n) is 1.76. The molecule has 7 heteroatoms. The number of rotatable bonds is 4. The first-order valence-corrected chi connectivity index (χ1v) is 7.86. The monoisotopic (exact) mass is 322 g/mol. The van der Waals surface area contributed by atoms with Crippen molar-refractivity contribution >= 4 is 35.1 Å². The number of anilines is 1. The Hall–Kier alpha value is -1.79. The number of carbonyl (C=O) groups is 1. The van der Waals surface area contributed by atoms with Crippen LogP contribution in [0, 0.1) is 6.92 Å². The number of hydrogen-bond donors (Lipinski definition) is 2. The number of nitrogens with one attached hydrogen (secondary N) is 2. The fraction of sp³-hybridized carbons (Fsp3) is 0.214. The van der Waals surface area contributed by atoms with Crippen LogP contribution in [0.1, 0.15) is 11.5 Å². The Kier molecular flexibility index (Phi) is 5.41. The van der Waals surface area contributed by atoms with Gasteiger partial charge in [-0.05, 0) is 31.4 Å². The number of aromatic nitrogens is 2. The third-order valence-corrected chi connectivity index (χ3v) is 3.96. The number of aryl methyl sites for hydroxylation is 1. The molecule has 1 aromatic carbocycles. The summed E-state index contributed by atoms with van der Waals surface area (Å²) in [7, 11) is 0. The molecule has 0 unspecified atom stereocenters. The highest BCUT2D eigenvalue weighted by Crippen LogP contribution is 2.32. The van der Waals surface area contributed by atoms with Crippen molar-refractivity contribution in [3.05, 3.63) is 47.0 Å². The van der Waals surface area contributed by atoms with Crippen LogP contribution in [0.5, 0.6) is 0 Å². The summed E-state index contributed by atoms with van der Waals surface area (Å²) in [4.78, 5) is 21.0. The minimum absolute atomic E-state index is 0.302. The van der Waals surface area contributed by atoms with E-state index in [1.165, 1.54) is 11.8 Å². The second-order valence-electron chi connectivity index (χ2n) is 4.22. The average Bonchev–Trinajstić information content (AvgIpc) is 2.45. The lowest BCUT2D eigenvalue weighted by Gasteiger charge is -2.11. The number of halogens is 1. The molecule has 110 valence electrons. The minimum atomic E-state index is -0.302. The number of benzene rings is 1. The molecule has 0 bridgehead atoms. The lowest BCUT2D eigenvalue weighted by atomic mass is 10.3. The normalized spacial score (nSPS) is 10.2. The van der Waals surface area contributed by atoms with Gasteiger partial charge in [0.25, 0.3) is 0 Å². The first-order valence-electron chi connectivity index (χ1n) is 6.26. The van der Waals surface area contributed by atoms with E-state index in [1.54, 1.807) is 31.3 Å². The van der Waals surface area contributed by atoms with Crippen molar-refractivity contribution in [3.63, 3.8) is 0 Å². The van der Waals surface area contributed by atoms with Crippen molar-refractivity contribution in [2.24, 2.45) is 0 Å². The van der Waals surface area contributed by atoms with E-state index in [1.807, 2.05) is 12.3 Å². The van der Waals surface area contributed by atoms with Crippen LogP contribution in [-0.4, -0.2) is 22.3 Å². The van der Waals surface area contributed by atoms with E-state index in [0.717, 1.165) is 10.6 Å². The van der Waals surface area contributed by atoms with Crippen LogP contribution in [0.25, 0.3) is 0 Å². The van der Waals surface area contributed by atoms with Gasteiger partial charge in [0, 0.05) is 11.1 Å². The van der Waals surface area contributed by atoms with Gasteiger partial charge in [0.05, 0.1) is 22.9 Å². The highest BCUT2D eigenvalue weighted by Gasteiger charge is 2.09. The first kappa shape index (κ1) is 15.6. The van der Waals surface area contributed by atoms with E-state index >= 15 is 0 Å². The van der Waals surface area contributed by atoms with Crippen LogP contribution in [0.2, 0.25) is 5.02 Å². The topological polar surface area (TPSA) is 66.9 Å². The molecule has 2 aromatic rings. The summed E-state index contributed by atoms with van der Waals surface area (Å²) >= 11 is 7.58. The number of thioether (sulfide) groups is 1. The molecule has 1 heterocycles. The average molecular weight is 323 g/mol. The van der Waals surface area contributed by atoms with E-state index in [0.29, 0.717) is 23.1 Å². The molecule has 0 fully saturated rings. The maximum absolute atomic E-state index is 11.9. The number of amides is 2. The van der Waals surface area contributed by atoms with Gasteiger partial charge >= 0.3 is 6.03 Å². The number of hydrogen-bond acceptors (Lipinski definition) is 4. The van der Waals surface area contributed by atoms with Crippen molar-refractivity contribution in [3.8, 4) is 0 Å². The number of nitrogens with zero attached hydrogens (tertiary/aromatic N) is 2. The van der Waals surface area contributed by atoms with Crippen molar-refractivity contribution in [2.75, 3.05) is 11.6 Å². The zero-order valence-corrected chi connectivity index (χ0v) is 13.3. The van der Waals surface area contributed by atoms with E-state index in [9.17, 15) is 4.79 Å². The number of carbonyl (C=O) groups excluding carboxylic acids is 1. The van der Waals surface area contributed by atoms with Crippen LogP contribution in [0.3, 0.4) is 0 Å². The van der Waals surface area contributed by atoms with Crippen LogP contribution in [0.4, 0.5) is 10.5 Å². The third kappa shape index (κ3) is 4.34. The Balaban J connectivity index is 1.98. The van der Waals surface area contributed by atoms with Crippen LogP contribution in [-0.2, 0) is 6.54 Å². The van der Waals surface area contributed by atoms with Gasteiger partial charge in [0.2, 0.25) is 0 Å². The largest absolute Gasteiger partial charge is 0.332 e. The van der Waals surface area contributed by atoms with E-state index in [2.05, 4.69) is 20.6 Å². The van der Waals surface area contributed by atoms with Crippen LogP contribution in [0.15, 0.2) is 35.4 Å². The molecule has 0 saturated heterocycles. The SMILES string of the molecule is CSc1c(Cl)cccc1NC(=O)NCc1ccnc(C)n1. The molecule has 0 atom stereocenters. The van der Waals surface area contributed by atoms with Gasteiger partial charge in [-0.25, -0.2) is 14.8 Å². The van der Waals surface area contributed by atoms with Gasteiger partial charge in [-0.1, -0.05) is 17.7 Å². The summed E-state index contributed by atoms with van der Waals surface area (Å²) in [6.07, 6.45) is 3.58. The molecule has 5 nitrogen and oxygen atoms in total. The molecule has 21 heavy (non-hydrogen) atoms. The molecule has 2 rings (SSSR count). The molecule has 0 saturated carbocycles. The smallest absolute Gasteiger partial charge is 0.319 e. The summed E-state index contributed by atoms with van der Waals surface area (Å²) in [5.74, 6) is 0.675. The molecule has 0 aliphatic heterocycles. The predicted molar refractivity (Wildman–Crippen MR) is 85.9 cm³/mol. The molecule has 2 N–H and O–H groups in total. The highest BCUT2D eigenvalue weighted by atomic mass is 35.5. The minimum Gasteiger partial charge on any atom is -0.332 e. The Morgan fingerprint density at radius 2 is 2.19 bits per heavy atom. The zero-order valence-electron chi connectivity index (χ0n) is 11.7. The van der Waals surface area contributed by atoms with E-state index in [-0.39, 0.29) is 6.03 Å². The second-order valence-corrected chi connectivity index (χ2v) is 5.45. The summed E-state index contributed by atoms with van der Waals surface area (Å²) in [6, 6.07) is 6.86. The summed E-state index contributed by atoms with van der Waals surface area (Å²) in [6.45, 7) is 2.14. The molecular weight excluding hydrogens is 308 g/mol. The first-order chi connectivity index (χ1) is 10.1. The van der Waals surface area contributed by atoms with Crippen LogP contribution >= 0.6 is 23.4 Å². The summed E-state index contributed by atoms with van der Waals surface area (Å²) in [5.41, 5.74) is 1.44. The molecule has 0 spiro atoms. The van der Waals surface area contributed by atoms with E-state index in [4.69, 9.17) is 11.6 Å². The standard InChI is InChI=1S/C14H15ClN4OS/c1-9-16-7-6-10(18-9)8-17-14(20)19-12-5-3-4-11(15)13(12)21-2/h3-7H,8H2,1-2H3,(H2,17,19,20). The zero-order chi connectivity index (χ0) is 15.2. The quantitative estimate of drug-likeness (QED) is 0.846.